The number of carbonyl (C=O) groups excluding carboxylic acids is 1. The van der Waals surface area contributed by atoms with Crippen LogP contribution in [0.25, 0.3) is 0 Å². The Hall–Kier alpha value is -1.13. The lowest BCUT2D eigenvalue weighted by Crippen LogP contribution is -2.44. The number of rotatable bonds is 6. The van der Waals surface area contributed by atoms with Crippen LogP contribution in [0, 0.1) is 0 Å². The topological polar surface area (TPSA) is 36.4 Å². The zero-order valence-electron chi connectivity index (χ0n) is 12.9. The Morgan fingerprint density at radius 2 is 1.80 bits per heavy atom. The summed E-state index contributed by atoms with van der Waals surface area (Å²) < 4.78 is 0. The van der Waals surface area contributed by atoms with Gasteiger partial charge in [0.15, 0.2) is 0 Å². The highest BCUT2D eigenvalue weighted by Gasteiger charge is 2.18. The lowest BCUT2D eigenvalue weighted by atomic mass is 10.2. The highest BCUT2D eigenvalue weighted by Crippen LogP contribution is 2.15. The monoisotopic (exact) mass is 297 g/mol. The molecule has 0 fully saturated rings. The quantitative estimate of drug-likeness (QED) is 0.809. The highest BCUT2D eigenvalue weighted by molar-refractivity contribution is 6.30. The van der Waals surface area contributed by atoms with Crippen LogP contribution < -0.4 is 4.90 Å². The van der Waals surface area contributed by atoms with E-state index < -0.39 is 0 Å². The maximum absolute atomic E-state index is 11.8. The second-order valence-corrected chi connectivity index (χ2v) is 5.87. The molecule has 5 heteroatoms. The minimum absolute atomic E-state index is 0.00714. The second kappa shape index (κ2) is 7.60. The molecule has 0 N–H and O–H groups in total. The number of hydrogen-bond donors (Lipinski definition) is 0. The Labute approximate surface area is 126 Å². The van der Waals surface area contributed by atoms with E-state index in [2.05, 4.69) is 37.6 Å². The van der Waals surface area contributed by atoms with Gasteiger partial charge in [0.1, 0.15) is 5.82 Å². The Bertz CT molecular complexity index is 423. The number of anilines is 1. The Balaban J connectivity index is 2.78. The summed E-state index contributed by atoms with van der Waals surface area (Å²) in [5.74, 6) is 0.640. The summed E-state index contributed by atoms with van der Waals surface area (Å²) in [5, 5.41) is 0.572. The number of nitrogens with zero attached hydrogens (tertiary/aromatic N) is 3. The van der Waals surface area contributed by atoms with Crippen molar-refractivity contribution in [2.45, 2.75) is 46.7 Å². The summed E-state index contributed by atoms with van der Waals surface area (Å²) in [6.45, 7) is 11.7. The Morgan fingerprint density at radius 3 is 2.20 bits per heavy atom. The zero-order chi connectivity index (χ0) is 15.3. The number of halogens is 1. The van der Waals surface area contributed by atoms with Gasteiger partial charge in [0, 0.05) is 38.3 Å². The molecule has 20 heavy (non-hydrogen) atoms. The fourth-order valence-electron chi connectivity index (χ4n) is 2.29. The van der Waals surface area contributed by atoms with E-state index in [4.69, 9.17) is 11.6 Å². The van der Waals surface area contributed by atoms with Gasteiger partial charge in [-0.3, -0.25) is 14.6 Å². The van der Waals surface area contributed by atoms with E-state index in [1.54, 1.807) is 30.2 Å². The number of aromatic nitrogens is 1. The third-order valence-electron chi connectivity index (χ3n) is 3.28. The smallest absolute Gasteiger partial charge is 0.225 e. The van der Waals surface area contributed by atoms with Crippen LogP contribution in [-0.4, -0.2) is 41.0 Å². The predicted molar refractivity (Wildman–Crippen MR) is 84.3 cm³/mol. The van der Waals surface area contributed by atoms with Crippen LogP contribution in [0.4, 0.5) is 5.82 Å². The van der Waals surface area contributed by atoms with Crippen molar-refractivity contribution in [2.24, 2.45) is 0 Å². The molecule has 0 aliphatic rings. The number of hydrogen-bond acceptors (Lipinski definition) is 3. The Morgan fingerprint density at radius 1 is 1.20 bits per heavy atom. The van der Waals surface area contributed by atoms with Crippen LogP contribution in [0.3, 0.4) is 0 Å². The summed E-state index contributed by atoms with van der Waals surface area (Å²) in [6, 6.07) is 4.42. The maximum atomic E-state index is 11.8. The van der Waals surface area contributed by atoms with Gasteiger partial charge in [0.05, 0.1) is 5.02 Å². The van der Waals surface area contributed by atoms with E-state index >= 15 is 0 Å². The first-order valence-electron chi connectivity index (χ1n) is 6.98. The molecule has 0 saturated carbocycles. The first-order valence-corrected chi connectivity index (χ1v) is 7.36. The number of amides is 1. The van der Waals surface area contributed by atoms with Crippen LogP contribution in [0.5, 0.6) is 0 Å². The molecule has 1 amide bonds. The summed E-state index contributed by atoms with van der Waals surface area (Å²) >= 11 is 5.83. The van der Waals surface area contributed by atoms with Gasteiger partial charge in [-0.2, -0.15) is 0 Å². The summed E-state index contributed by atoms with van der Waals surface area (Å²) in [5.41, 5.74) is 0. The molecule has 1 heterocycles. The lowest BCUT2D eigenvalue weighted by molar-refractivity contribution is -0.116. The highest BCUT2D eigenvalue weighted by atomic mass is 35.5. The van der Waals surface area contributed by atoms with Gasteiger partial charge in [-0.05, 0) is 39.8 Å². The first kappa shape index (κ1) is 16.9. The normalized spacial score (nSPS) is 11.4. The molecule has 0 atom stereocenters. The number of pyridine rings is 1. The predicted octanol–water partition coefficient (Wildman–Crippen LogP) is 3.21. The zero-order valence-corrected chi connectivity index (χ0v) is 13.7. The van der Waals surface area contributed by atoms with Crippen LogP contribution >= 0.6 is 11.6 Å². The van der Waals surface area contributed by atoms with Crippen molar-refractivity contribution in [3.05, 3.63) is 23.4 Å². The molecule has 1 aromatic heterocycles. The van der Waals surface area contributed by atoms with Crippen molar-refractivity contribution in [3.8, 4) is 0 Å². The maximum Gasteiger partial charge on any atom is 0.225 e. The van der Waals surface area contributed by atoms with Crippen molar-refractivity contribution in [2.75, 3.05) is 18.0 Å². The molecular formula is C15H24ClN3O. The van der Waals surface area contributed by atoms with Gasteiger partial charge in [-0.1, -0.05) is 11.6 Å². The molecule has 0 spiro atoms. The molecule has 0 aliphatic carbocycles. The third kappa shape index (κ3) is 4.76. The van der Waals surface area contributed by atoms with Crippen LogP contribution in [0.2, 0.25) is 5.02 Å². The molecule has 1 rings (SSSR count). The molecule has 0 aliphatic heterocycles. The lowest BCUT2D eigenvalue weighted by Gasteiger charge is -2.32. The standard InChI is InChI=1S/C15H24ClN3O/c1-11(2)18(12(3)4)8-9-19(13(5)20)15-7-6-14(16)10-17-15/h6-7,10-12H,8-9H2,1-5H3. The summed E-state index contributed by atoms with van der Waals surface area (Å²) in [7, 11) is 0. The van der Waals surface area contributed by atoms with E-state index in [9.17, 15) is 4.79 Å². The van der Waals surface area contributed by atoms with Crippen molar-refractivity contribution in [1.29, 1.82) is 0 Å². The average molecular weight is 298 g/mol. The molecule has 0 saturated heterocycles. The SMILES string of the molecule is CC(=O)N(CCN(C(C)C)C(C)C)c1ccc(Cl)cn1. The molecule has 1 aromatic rings. The van der Waals surface area contributed by atoms with Gasteiger partial charge < -0.3 is 0 Å². The second-order valence-electron chi connectivity index (χ2n) is 5.43. The molecule has 0 radical (unpaired) electrons. The van der Waals surface area contributed by atoms with E-state index in [1.807, 2.05) is 0 Å². The van der Waals surface area contributed by atoms with E-state index in [0.717, 1.165) is 6.54 Å². The van der Waals surface area contributed by atoms with Crippen LogP contribution in [-0.2, 0) is 4.79 Å². The van der Waals surface area contributed by atoms with Gasteiger partial charge in [0.25, 0.3) is 0 Å². The van der Waals surface area contributed by atoms with Crippen molar-refractivity contribution >= 4 is 23.3 Å². The van der Waals surface area contributed by atoms with E-state index in [0.29, 0.717) is 29.5 Å². The molecule has 0 unspecified atom stereocenters. The minimum Gasteiger partial charge on any atom is -0.297 e. The fourth-order valence-corrected chi connectivity index (χ4v) is 2.40. The fraction of sp³-hybridized carbons (Fsp3) is 0.600. The third-order valence-corrected chi connectivity index (χ3v) is 3.50. The van der Waals surface area contributed by atoms with Gasteiger partial charge in [0.2, 0.25) is 5.91 Å². The van der Waals surface area contributed by atoms with Gasteiger partial charge >= 0.3 is 0 Å². The molecular weight excluding hydrogens is 274 g/mol. The van der Waals surface area contributed by atoms with Gasteiger partial charge in [-0.25, -0.2) is 4.98 Å². The Kier molecular flexibility index (Phi) is 6.43. The summed E-state index contributed by atoms with van der Waals surface area (Å²) in [6.07, 6.45) is 1.56. The molecule has 4 nitrogen and oxygen atoms in total. The van der Waals surface area contributed by atoms with Crippen LogP contribution in [0.15, 0.2) is 18.3 Å². The van der Waals surface area contributed by atoms with E-state index in [-0.39, 0.29) is 5.91 Å². The van der Waals surface area contributed by atoms with Crippen LogP contribution in [0.1, 0.15) is 34.6 Å². The van der Waals surface area contributed by atoms with Gasteiger partial charge in [-0.15, -0.1) is 0 Å². The molecule has 0 bridgehead atoms. The van der Waals surface area contributed by atoms with Crippen molar-refractivity contribution in [3.63, 3.8) is 0 Å². The molecule has 112 valence electrons. The molecule has 0 aromatic carbocycles. The minimum atomic E-state index is -0.00714. The average Bonchev–Trinajstić information content (AvgIpc) is 2.34. The summed E-state index contributed by atoms with van der Waals surface area (Å²) in [4.78, 5) is 20.1. The largest absolute Gasteiger partial charge is 0.297 e. The van der Waals surface area contributed by atoms with Crippen molar-refractivity contribution in [1.82, 2.24) is 9.88 Å². The van der Waals surface area contributed by atoms with E-state index in [1.165, 1.54) is 0 Å². The first-order chi connectivity index (χ1) is 9.32. The van der Waals surface area contributed by atoms with Crippen molar-refractivity contribution < 1.29 is 4.79 Å². The number of carbonyl (C=O) groups is 1.